The van der Waals surface area contributed by atoms with E-state index in [1.807, 2.05) is 33.2 Å². The minimum Gasteiger partial charge on any atom is -0.497 e. The van der Waals surface area contributed by atoms with E-state index >= 15 is 0 Å². The molecule has 1 amide bonds. The molecular formula is C22H26ClN3O3S. The molecule has 160 valence electrons. The van der Waals surface area contributed by atoms with E-state index in [1.54, 1.807) is 37.3 Å². The van der Waals surface area contributed by atoms with E-state index < -0.39 is 0 Å². The van der Waals surface area contributed by atoms with Gasteiger partial charge in [-0.1, -0.05) is 22.9 Å². The van der Waals surface area contributed by atoms with Gasteiger partial charge in [-0.15, -0.1) is 0 Å². The maximum absolute atomic E-state index is 13.5. The summed E-state index contributed by atoms with van der Waals surface area (Å²) in [4.78, 5) is 22.1. The molecule has 0 fully saturated rings. The standard InChI is InChI=1S/C22H26ClN3O3S/c1-14-9-16(23)12-19-20(14)24-22(30-19)26(8-6-7-25(2)3)21(27)15-10-17(28-4)13-18(11-15)29-5/h9-13H,6-8H2,1-5H3. The van der Waals surface area contributed by atoms with E-state index in [4.69, 9.17) is 26.1 Å². The minimum atomic E-state index is -0.145. The Labute approximate surface area is 186 Å². The molecule has 0 atom stereocenters. The lowest BCUT2D eigenvalue weighted by Gasteiger charge is -2.21. The van der Waals surface area contributed by atoms with E-state index in [-0.39, 0.29) is 5.91 Å². The third-order valence-electron chi connectivity index (χ3n) is 4.70. The highest BCUT2D eigenvalue weighted by molar-refractivity contribution is 7.22. The molecule has 0 spiro atoms. The quantitative estimate of drug-likeness (QED) is 0.493. The number of carbonyl (C=O) groups excluding carboxylic acids is 1. The van der Waals surface area contributed by atoms with Gasteiger partial charge in [0.15, 0.2) is 5.13 Å². The van der Waals surface area contributed by atoms with Gasteiger partial charge in [-0.3, -0.25) is 9.69 Å². The number of carbonyl (C=O) groups is 1. The second-order valence-corrected chi connectivity index (χ2v) is 8.73. The lowest BCUT2D eigenvalue weighted by molar-refractivity contribution is 0.0985. The van der Waals surface area contributed by atoms with Crippen molar-refractivity contribution >= 4 is 44.2 Å². The van der Waals surface area contributed by atoms with Crippen LogP contribution in [0.3, 0.4) is 0 Å². The van der Waals surface area contributed by atoms with Crippen molar-refractivity contribution in [1.82, 2.24) is 9.88 Å². The summed E-state index contributed by atoms with van der Waals surface area (Å²) >= 11 is 7.69. The van der Waals surface area contributed by atoms with Crippen molar-refractivity contribution in [3.8, 4) is 11.5 Å². The topological polar surface area (TPSA) is 54.9 Å². The number of anilines is 1. The maximum Gasteiger partial charge on any atom is 0.260 e. The van der Waals surface area contributed by atoms with Crippen molar-refractivity contribution in [3.63, 3.8) is 0 Å². The fourth-order valence-corrected chi connectivity index (χ4v) is 4.62. The molecule has 0 aliphatic heterocycles. The van der Waals surface area contributed by atoms with Crippen molar-refractivity contribution in [2.75, 3.05) is 46.3 Å². The van der Waals surface area contributed by atoms with Crippen LogP contribution in [0.4, 0.5) is 5.13 Å². The van der Waals surface area contributed by atoms with Crippen molar-refractivity contribution in [2.24, 2.45) is 0 Å². The number of fused-ring (bicyclic) bond motifs is 1. The van der Waals surface area contributed by atoms with Gasteiger partial charge < -0.3 is 14.4 Å². The maximum atomic E-state index is 13.5. The van der Waals surface area contributed by atoms with Crippen LogP contribution < -0.4 is 14.4 Å². The number of benzene rings is 2. The number of ether oxygens (including phenoxy) is 2. The molecular weight excluding hydrogens is 422 g/mol. The molecule has 3 aromatic rings. The molecule has 1 heterocycles. The summed E-state index contributed by atoms with van der Waals surface area (Å²) in [5.74, 6) is 0.990. The molecule has 0 aliphatic carbocycles. The van der Waals surface area contributed by atoms with Crippen LogP contribution >= 0.6 is 22.9 Å². The predicted molar refractivity (Wildman–Crippen MR) is 124 cm³/mol. The molecule has 0 radical (unpaired) electrons. The van der Waals surface area contributed by atoms with Gasteiger partial charge in [0.25, 0.3) is 5.91 Å². The first-order chi connectivity index (χ1) is 14.3. The smallest absolute Gasteiger partial charge is 0.260 e. The lowest BCUT2D eigenvalue weighted by atomic mass is 10.1. The van der Waals surface area contributed by atoms with Gasteiger partial charge in [-0.25, -0.2) is 4.98 Å². The van der Waals surface area contributed by atoms with E-state index in [2.05, 4.69) is 4.90 Å². The fourth-order valence-electron chi connectivity index (χ4n) is 3.17. The van der Waals surface area contributed by atoms with Gasteiger partial charge in [0.05, 0.1) is 24.4 Å². The minimum absolute atomic E-state index is 0.145. The van der Waals surface area contributed by atoms with Gasteiger partial charge >= 0.3 is 0 Å². The van der Waals surface area contributed by atoms with Crippen molar-refractivity contribution in [3.05, 3.63) is 46.5 Å². The number of hydrogen-bond donors (Lipinski definition) is 0. The number of nitrogens with zero attached hydrogens (tertiary/aromatic N) is 3. The number of aromatic nitrogens is 1. The van der Waals surface area contributed by atoms with E-state index in [0.29, 0.717) is 33.8 Å². The molecule has 0 N–H and O–H groups in total. The number of thiazole rings is 1. The molecule has 0 unspecified atom stereocenters. The first-order valence-electron chi connectivity index (χ1n) is 9.58. The Hall–Kier alpha value is -2.35. The van der Waals surface area contributed by atoms with Crippen LogP contribution in [0.15, 0.2) is 30.3 Å². The normalized spacial score (nSPS) is 11.2. The zero-order chi connectivity index (χ0) is 21.8. The Morgan fingerprint density at radius 2 is 1.73 bits per heavy atom. The van der Waals surface area contributed by atoms with Gasteiger partial charge in [0.2, 0.25) is 0 Å². The van der Waals surface area contributed by atoms with Crippen LogP contribution in [0.25, 0.3) is 10.2 Å². The molecule has 1 aromatic heterocycles. The van der Waals surface area contributed by atoms with Gasteiger partial charge in [-0.2, -0.15) is 0 Å². The van der Waals surface area contributed by atoms with Crippen LogP contribution in [0, 0.1) is 6.92 Å². The third-order valence-corrected chi connectivity index (χ3v) is 5.94. The second-order valence-electron chi connectivity index (χ2n) is 7.28. The van der Waals surface area contributed by atoms with Crippen LogP contribution in [0.2, 0.25) is 5.02 Å². The molecule has 0 saturated heterocycles. The predicted octanol–water partition coefficient (Wildman–Crippen LogP) is 4.87. The Morgan fingerprint density at radius 3 is 2.33 bits per heavy atom. The third kappa shape index (κ3) is 5.03. The van der Waals surface area contributed by atoms with E-state index in [0.717, 1.165) is 28.7 Å². The lowest BCUT2D eigenvalue weighted by Crippen LogP contribution is -2.33. The summed E-state index contributed by atoms with van der Waals surface area (Å²) in [6, 6.07) is 8.97. The monoisotopic (exact) mass is 447 g/mol. The molecule has 0 aliphatic rings. The van der Waals surface area contributed by atoms with Gasteiger partial charge in [0, 0.05) is 23.2 Å². The van der Waals surface area contributed by atoms with E-state index in [9.17, 15) is 4.79 Å². The first kappa shape index (κ1) is 22.3. The SMILES string of the molecule is COc1cc(OC)cc(C(=O)N(CCCN(C)C)c2nc3c(C)cc(Cl)cc3s2)c1. The van der Waals surface area contributed by atoms with Crippen LogP contribution in [-0.2, 0) is 0 Å². The highest BCUT2D eigenvalue weighted by Gasteiger charge is 2.23. The Kier molecular flexibility index (Phi) is 7.18. The summed E-state index contributed by atoms with van der Waals surface area (Å²) in [7, 11) is 7.17. The molecule has 6 nitrogen and oxygen atoms in total. The summed E-state index contributed by atoms with van der Waals surface area (Å²) in [5, 5.41) is 1.32. The molecule has 8 heteroatoms. The zero-order valence-corrected chi connectivity index (χ0v) is 19.4. The number of halogens is 1. The molecule has 0 saturated carbocycles. The number of rotatable bonds is 8. The molecule has 0 bridgehead atoms. The largest absolute Gasteiger partial charge is 0.497 e. The highest BCUT2D eigenvalue weighted by Crippen LogP contribution is 2.34. The summed E-state index contributed by atoms with van der Waals surface area (Å²) in [5.41, 5.74) is 2.35. The number of hydrogen-bond acceptors (Lipinski definition) is 6. The Balaban J connectivity index is 2.02. The summed E-state index contributed by atoms with van der Waals surface area (Å²) < 4.78 is 11.6. The average Bonchev–Trinajstić information content (AvgIpc) is 3.14. The molecule has 2 aromatic carbocycles. The fraction of sp³-hybridized carbons (Fsp3) is 0.364. The second kappa shape index (κ2) is 9.64. The average molecular weight is 448 g/mol. The van der Waals surface area contributed by atoms with Gasteiger partial charge in [-0.05, 0) is 63.8 Å². The van der Waals surface area contributed by atoms with Crippen molar-refractivity contribution in [1.29, 1.82) is 0 Å². The van der Waals surface area contributed by atoms with Crippen molar-refractivity contribution in [2.45, 2.75) is 13.3 Å². The Bertz CT molecular complexity index is 1030. The summed E-state index contributed by atoms with van der Waals surface area (Å²) in [6.07, 6.45) is 0.815. The molecule has 30 heavy (non-hydrogen) atoms. The first-order valence-corrected chi connectivity index (χ1v) is 10.8. The van der Waals surface area contributed by atoms with Crippen molar-refractivity contribution < 1.29 is 14.3 Å². The number of aryl methyl sites for hydroxylation is 1. The summed E-state index contributed by atoms with van der Waals surface area (Å²) in [6.45, 7) is 3.38. The van der Waals surface area contributed by atoms with Crippen LogP contribution in [0.1, 0.15) is 22.3 Å². The van der Waals surface area contributed by atoms with Crippen LogP contribution in [0.5, 0.6) is 11.5 Å². The number of methoxy groups -OCH3 is 2. The molecule has 3 rings (SSSR count). The Morgan fingerprint density at radius 1 is 1.07 bits per heavy atom. The zero-order valence-electron chi connectivity index (χ0n) is 17.9. The number of amides is 1. The van der Waals surface area contributed by atoms with Crippen LogP contribution in [-0.4, -0.2) is 57.2 Å². The van der Waals surface area contributed by atoms with E-state index in [1.165, 1.54) is 11.3 Å². The highest BCUT2D eigenvalue weighted by atomic mass is 35.5. The van der Waals surface area contributed by atoms with Gasteiger partial charge in [0.1, 0.15) is 11.5 Å².